The average Bonchev–Trinajstić information content (AvgIpc) is 3.41. The molecule has 0 radical (unpaired) electrons. The van der Waals surface area contributed by atoms with Crippen LogP contribution in [-0.4, -0.2) is 24.6 Å². The summed E-state index contributed by atoms with van der Waals surface area (Å²) in [6, 6.07) is 7.53. The van der Waals surface area contributed by atoms with Crippen molar-refractivity contribution in [2.24, 2.45) is 5.92 Å². The van der Waals surface area contributed by atoms with Gasteiger partial charge in [-0.25, -0.2) is 0 Å². The maximum Gasteiger partial charge on any atom is 0.115 e. The van der Waals surface area contributed by atoms with E-state index >= 15 is 0 Å². The number of phenols is 1. The van der Waals surface area contributed by atoms with Crippen LogP contribution in [0.4, 0.5) is 0 Å². The molecule has 1 unspecified atom stereocenters. The largest absolute Gasteiger partial charge is 0.508 e. The lowest BCUT2D eigenvalue weighted by Gasteiger charge is -2.25. The van der Waals surface area contributed by atoms with Crippen LogP contribution < -0.4 is 0 Å². The van der Waals surface area contributed by atoms with E-state index < -0.39 is 0 Å². The highest BCUT2D eigenvalue weighted by Crippen LogP contribution is 2.40. The Morgan fingerprint density at radius 1 is 1.04 bits per heavy atom. The summed E-state index contributed by atoms with van der Waals surface area (Å²) in [5.74, 6) is 1.94. The highest BCUT2D eigenvalue weighted by atomic mass is 16.5. The first-order valence-corrected chi connectivity index (χ1v) is 8.36. The summed E-state index contributed by atoms with van der Waals surface area (Å²) >= 11 is 0. The van der Waals surface area contributed by atoms with E-state index in [0.29, 0.717) is 11.9 Å². The number of rotatable bonds is 1. The van der Waals surface area contributed by atoms with Crippen LogP contribution in [-0.2, 0) is 9.53 Å². The third-order valence-corrected chi connectivity index (χ3v) is 3.93. The predicted octanol–water partition coefficient (Wildman–Crippen LogP) is 5.57. The average molecular weight is 325 g/mol. The molecule has 1 N–H and O–H groups in total. The van der Waals surface area contributed by atoms with Crippen molar-refractivity contribution in [3.05, 3.63) is 29.8 Å². The summed E-state index contributed by atoms with van der Waals surface area (Å²) in [6.07, 6.45) is 5.76. The lowest BCUT2D eigenvalue weighted by molar-refractivity contribution is -0.0979. The van der Waals surface area contributed by atoms with Gasteiger partial charge in [0.05, 0.1) is 6.10 Å². The molecule has 1 saturated carbocycles. The Hall–Kier alpha value is -1.35. The number of hydrogen-bond donors (Lipinski definition) is 1. The van der Waals surface area contributed by atoms with Crippen molar-refractivity contribution in [2.75, 3.05) is 6.61 Å². The molecular weight excluding hydrogens is 288 g/mol. The molecule has 0 amide bonds. The van der Waals surface area contributed by atoms with Crippen molar-refractivity contribution in [3.8, 4) is 5.75 Å². The zero-order valence-corrected chi connectivity index (χ0v) is 14.5. The van der Waals surface area contributed by atoms with Gasteiger partial charge in [0, 0.05) is 6.61 Å². The Bertz CT molecular complexity index is 361. The molecule has 2 aliphatic rings. The van der Waals surface area contributed by atoms with E-state index in [4.69, 9.17) is 14.6 Å². The lowest BCUT2D eigenvalue weighted by atomic mass is 9.98. The zero-order chi connectivity index (χ0) is 17.0. The van der Waals surface area contributed by atoms with E-state index in [9.17, 15) is 0 Å². The second kappa shape index (κ2) is 14.3. The summed E-state index contributed by atoms with van der Waals surface area (Å²) in [7, 11) is 0. The molecule has 1 aromatic rings. The summed E-state index contributed by atoms with van der Waals surface area (Å²) in [5.41, 5.74) is 1.37. The molecule has 3 rings (SSSR count). The van der Waals surface area contributed by atoms with Crippen molar-refractivity contribution < 1.29 is 14.6 Å². The highest BCUT2D eigenvalue weighted by Gasteiger charge is 2.22. The zero-order valence-electron chi connectivity index (χ0n) is 14.5. The fourth-order valence-electron chi connectivity index (χ4n) is 2.24. The van der Waals surface area contributed by atoms with Crippen LogP contribution in [0.15, 0.2) is 24.3 Å². The number of phenolic OH excluding ortho intramolecular Hbond substituents is 1. The highest BCUT2D eigenvalue weighted by molar-refractivity contribution is 5.30. The molecule has 1 aliphatic heterocycles. The smallest absolute Gasteiger partial charge is 0.115 e. The van der Waals surface area contributed by atoms with E-state index in [1.165, 1.54) is 31.2 Å². The van der Waals surface area contributed by atoms with Crippen LogP contribution in [0.3, 0.4) is 0 Å². The van der Waals surface area contributed by atoms with Crippen molar-refractivity contribution in [3.63, 3.8) is 0 Å². The van der Waals surface area contributed by atoms with Crippen LogP contribution >= 0.6 is 0 Å². The van der Waals surface area contributed by atoms with Gasteiger partial charge in [-0.15, -0.1) is 0 Å². The summed E-state index contributed by atoms with van der Waals surface area (Å²) in [5, 5.41) is 8.96. The summed E-state index contributed by atoms with van der Waals surface area (Å²) < 4.78 is 5.39. The van der Waals surface area contributed by atoms with Crippen LogP contribution in [0.2, 0.25) is 0 Å². The van der Waals surface area contributed by atoms with Gasteiger partial charge in [0.25, 0.3) is 0 Å². The third-order valence-electron chi connectivity index (χ3n) is 3.93. The number of ether oxygens (including phenoxy) is 1. The van der Waals surface area contributed by atoms with E-state index in [2.05, 4.69) is 13.8 Å². The first-order chi connectivity index (χ1) is 10.7. The quantitative estimate of drug-likeness (QED) is 0.734. The van der Waals surface area contributed by atoms with Crippen LogP contribution in [0, 0.1) is 5.92 Å². The van der Waals surface area contributed by atoms with Crippen molar-refractivity contribution >= 4 is 6.79 Å². The molecular formula is C20H36O3. The monoisotopic (exact) mass is 324 g/mol. The van der Waals surface area contributed by atoms with Gasteiger partial charge in [0.15, 0.2) is 0 Å². The van der Waals surface area contributed by atoms with Crippen molar-refractivity contribution in [1.29, 1.82) is 0 Å². The Kier molecular flexibility index (Phi) is 14.8. The minimum atomic E-state index is 0. The van der Waals surface area contributed by atoms with Crippen LogP contribution in [0.5, 0.6) is 5.75 Å². The van der Waals surface area contributed by atoms with Crippen molar-refractivity contribution in [1.82, 2.24) is 0 Å². The maximum atomic E-state index is 8.96. The van der Waals surface area contributed by atoms with E-state index in [0.717, 1.165) is 18.4 Å². The number of hydrogen-bond acceptors (Lipinski definition) is 3. The number of benzene rings is 1. The number of carbonyl (C=O) groups excluding carboxylic acids is 1. The second-order valence-electron chi connectivity index (χ2n) is 5.56. The van der Waals surface area contributed by atoms with Gasteiger partial charge >= 0.3 is 0 Å². The first-order valence-electron chi connectivity index (χ1n) is 8.36. The van der Waals surface area contributed by atoms with Gasteiger partial charge < -0.3 is 14.6 Å². The van der Waals surface area contributed by atoms with Gasteiger partial charge in [-0.2, -0.15) is 0 Å². The minimum absolute atomic E-state index is 0. The lowest BCUT2D eigenvalue weighted by Crippen LogP contribution is -2.23. The van der Waals surface area contributed by atoms with Gasteiger partial charge in [0.1, 0.15) is 12.5 Å². The van der Waals surface area contributed by atoms with Gasteiger partial charge in [0.2, 0.25) is 0 Å². The summed E-state index contributed by atoms with van der Waals surface area (Å²) in [6.45, 7) is 11.4. The number of carbonyl (C=O) groups is 1. The Labute approximate surface area is 143 Å². The molecule has 2 atom stereocenters. The maximum absolute atomic E-state index is 8.96. The fraction of sp³-hybridized carbons (Fsp3) is 0.650. The SMILES string of the molecule is C.C=O.CC.CC1CCCO[C@@H]1C.Oc1ccc(C2CC2)cc1. The molecule has 134 valence electrons. The van der Waals surface area contributed by atoms with Gasteiger partial charge in [-0.1, -0.05) is 40.3 Å². The fourth-order valence-corrected chi connectivity index (χ4v) is 2.24. The normalized spacial score (nSPS) is 21.7. The van der Waals surface area contributed by atoms with Crippen molar-refractivity contribution in [2.45, 2.75) is 72.8 Å². The van der Waals surface area contributed by atoms with E-state index in [1.807, 2.05) is 32.8 Å². The molecule has 23 heavy (non-hydrogen) atoms. The standard InChI is InChI=1S/C9H10O.C7H14O.C2H6.CH2O.CH4/c10-9-5-3-8(4-6-9)7-1-2-7;1-6-4-3-5-8-7(6)2;2*1-2;/h3-7,10H,1-2H2;6-7H,3-5H2,1-2H3;1-2H3;1H2;1H4/t;6?,7-;;;/m.1.../s1. The van der Waals surface area contributed by atoms with Crippen LogP contribution in [0.1, 0.15) is 72.3 Å². The Morgan fingerprint density at radius 2 is 1.57 bits per heavy atom. The van der Waals surface area contributed by atoms with E-state index in [-0.39, 0.29) is 7.43 Å². The molecule has 1 aromatic carbocycles. The Morgan fingerprint density at radius 3 is 1.91 bits per heavy atom. The molecule has 0 spiro atoms. The minimum Gasteiger partial charge on any atom is -0.508 e. The molecule has 1 aliphatic carbocycles. The molecule has 0 bridgehead atoms. The van der Waals surface area contributed by atoms with Gasteiger partial charge in [-0.05, 0) is 62.1 Å². The summed E-state index contributed by atoms with van der Waals surface area (Å²) in [4.78, 5) is 8.00. The predicted molar refractivity (Wildman–Crippen MR) is 99.1 cm³/mol. The third kappa shape index (κ3) is 10.1. The molecule has 0 aromatic heterocycles. The molecule has 3 nitrogen and oxygen atoms in total. The topological polar surface area (TPSA) is 46.5 Å². The Balaban J connectivity index is 0. The van der Waals surface area contributed by atoms with Crippen LogP contribution in [0.25, 0.3) is 0 Å². The molecule has 3 heteroatoms. The molecule has 2 fully saturated rings. The second-order valence-corrected chi connectivity index (χ2v) is 5.56. The molecule has 1 saturated heterocycles. The van der Waals surface area contributed by atoms with Gasteiger partial charge in [-0.3, -0.25) is 0 Å². The van der Waals surface area contributed by atoms with E-state index in [1.54, 1.807) is 12.1 Å². The first kappa shape index (κ1) is 23.9. The molecule has 1 heterocycles. The number of aromatic hydroxyl groups is 1.